The van der Waals surface area contributed by atoms with Gasteiger partial charge in [0.1, 0.15) is 12.0 Å². The molecule has 1 saturated heterocycles. The number of hydrogen-bond acceptors (Lipinski definition) is 5. The van der Waals surface area contributed by atoms with Crippen molar-refractivity contribution in [2.75, 3.05) is 26.9 Å². The summed E-state index contributed by atoms with van der Waals surface area (Å²) in [5, 5.41) is 11.6. The predicted molar refractivity (Wildman–Crippen MR) is 68.1 cm³/mol. The number of carbonyl (C=O) groups excluding carboxylic acids is 2. The van der Waals surface area contributed by atoms with Gasteiger partial charge in [-0.3, -0.25) is 4.79 Å². The van der Waals surface area contributed by atoms with Crippen molar-refractivity contribution < 1.29 is 29.0 Å². The second kappa shape index (κ2) is 7.09. The molecule has 8 nitrogen and oxygen atoms in total. The van der Waals surface area contributed by atoms with Crippen molar-refractivity contribution in [3.8, 4) is 0 Å². The number of likely N-dealkylation sites (N-methyl/N-ethyl adjacent to an activating group) is 1. The van der Waals surface area contributed by atoms with Crippen LogP contribution in [0.2, 0.25) is 0 Å². The Labute approximate surface area is 117 Å². The molecule has 1 heterocycles. The number of nitrogens with zero attached hydrogens (tertiary/aromatic N) is 1. The number of aliphatic carboxylic acids is 1. The minimum atomic E-state index is -1.00. The molecule has 0 radical (unpaired) electrons. The van der Waals surface area contributed by atoms with Gasteiger partial charge in [0.25, 0.3) is 0 Å². The number of ether oxygens (including phenoxy) is 2. The zero-order valence-corrected chi connectivity index (χ0v) is 11.8. The summed E-state index contributed by atoms with van der Waals surface area (Å²) in [5.41, 5.74) is 0. The fourth-order valence-electron chi connectivity index (χ4n) is 2.12. The van der Waals surface area contributed by atoms with Crippen LogP contribution in [0.4, 0.5) is 4.79 Å². The van der Waals surface area contributed by atoms with Crippen LogP contribution in [0.25, 0.3) is 0 Å². The third-order valence-electron chi connectivity index (χ3n) is 3.26. The van der Waals surface area contributed by atoms with Crippen LogP contribution >= 0.6 is 0 Å². The molecule has 114 valence electrons. The van der Waals surface area contributed by atoms with Crippen LogP contribution in [0.3, 0.4) is 0 Å². The first-order valence-electron chi connectivity index (χ1n) is 6.37. The van der Waals surface area contributed by atoms with Crippen LogP contribution in [0.15, 0.2) is 0 Å². The zero-order valence-electron chi connectivity index (χ0n) is 11.8. The number of amides is 2. The van der Waals surface area contributed by atoms with E-state index in [1.54, 1.807) is 6.92 Å². The van der Waals surface area contributed by atoms with Crippen LogP contribution in [0.5, 0.6) is 0 Å². The fraction of sp³-hybridized carbons (Fsp3) is 0.750. The first-order chi connectivity index (χ1) is 9.42. The van der Waals surface area contributed by atoms with Crippen molar-refractivity contribution in [3.63, 3.8) is 0 Å². The number of carboxylic acids is 1. The van der Waals surface area contributed by atoms with Crippen molar-refractivity contribution >= 4 is 18.0 Å². The van der Waals surface area contributed by atoms with Gasteiger partial charge in [0.2, 0.25) is 0 Å². The minimum Gasteiger partial charge on any atom is -0.481 e. The number of rotatable bonds is 5. The van der Waals surface area contributed by atoms with Gasteiger partial charge in [0.05, 0.1) is 26.4 Å². The second-order valence-electron chi connectivity index (χ2n) is 4.53. The Bertz CT molecular complexity index is 386. The van der Waals surface area contributed by atoms with E-state index < -0.39 is 36.0 Å². The number of esters is 1. The van der Waals surface area contributed by atoms with Gasteiger partial charge in [-0.15, -0.1) is 0 Å². The van der Waals surface area contributed by atoms with Crippen molar-refractivity contribution in [2.24, 2.45) is 5.92 Å². The van der Waals surface area contributed by atoms with Crippen LogP contribution in [0, 0.1) is 5.92 Å². The molecule has 1 aliphatic heterocycles. The molecule has 0 bridgehead atoms. The Balaban J connectivity index is 2.72. The lowest BCUT2D eigenvalue weighted by Gasteiger charge is -2.30. The standard InChI is InChI=1S/C12H20N2O6/c1-4-14(9-6-20-5-8(9)10(15)16)12(18)13-7(2)11(17)19-3/h7-9H,4-6H2,1-3H3,(H,13,18)(H,15,16). The largest absolute Gasteiger partial charge is 0.481 e. The molecule has 20 heavy (non-hydrogen) atoms. The maximum atomic E-state index is 12.1. The first kappa shape index (κ1) is 16.2. The van der Waals surface area contributed by atoms with E-state index in [9.17, 15) is 14.4 Å². The summed E-state index contributed by atoms with van der Waals surface area (Å²) in [6, 6.07) is -1.85. The summed E-state index contributed by atoms with van der Waals surface area (Å²) in [5.74, 6) is -2.32. The molecule has 3 atom stereocenters. The molecule has 2 amide bonds. The Hall–Kier alpha value is -1.83. The molecule has 0 spiro atoms. The smallest absolute Gasteiger partial charge is 0.328 e. The summed E-state index contributed by atoms with van der Waals surface area (Å²) in [4.78, 5) is 35.9. The SMILES string of the molecule is CCN(C(=O)NC(C)C(=O)OC)C1COCC1C(=O)O. The van der Waals surface area contributed by atoms with E-state index >= 15 is 0 Å². The quantitative estimate of drug-likeness (QED) is 0.672. The van der Waals surface area contributed by atoms with E-state index in [-0.39, 0.29) is 13.2 Å². The first-order valence-corrected chi connectivity index (χ1v) is 6.37. The van der Waals surface area contributed by atoms with Gasteiger partial charge in [-0.1, -0.05) is 0 Å². The van der Waals surface area contributed by atoms with E-state index in [1.807, 2.05) is 0 Å². The lowest BCUT2D eigenvalue weighted by molar-refractivity contribution is -0.144. The topological polar surface area (TPSA) is 105 Å². The molecule has 1 aliphatic rings. The number of urea groups is 1. The van der Waals surface area contributed by atoms with E-state index in [2.05, 4.69) is 10.1 Å². The van der Waals surface area contributed by atoms with Gasteiger partial charge in [0.15, 0.2) is 0 Å². The van der Waals surface area contributed by atoms with Gasteiger partial charge in [0, 0.05) is 6.54 Å². The third kappa shape index (κ3) is 3.60. The second-order valence-corrected chi connectivity index (χ2v) is 4.53. The van der Waals surface area contributed by atoms with Crippen molar-refractivity contribution in [3.05, 3.63) is 0 Å². The molecule has 0 saturated carbocycles. The number of methoxy groups -OCH3 is 1. The summed E-state index contributed by atoms with van der Waals surface area (Å²) < 4.78 is 9.66. The van der Waals surface area contributed by atoms with Crippen LogP contribution in [-0.2, 0) is 19.1 Å². The molecule has 0 aromatic heterocycles. The Morgan fingerprint density at radius 1 is 1.45 bits per heavy atom. The average molecular weight is 288 g/mol. The van der Waals surface area contributed by atoms with Crippen molar-refractivity contribution in [2.45, 2.75) is 25.9 Å². The Morgan fingerprint density at radius 2 is 2.10 bits per heavy atom. The molecule has 3 unspecified atom stereocenters. The molecule has 1 rings (SSSR count). The molecular weight excluding hydrogens is 268 g/mol. The lowest BCUT2D eigenvalue weighted by Crippen LogP contribution is -2.53. The summed E-state index contributed by atoms with van der Waals surface area (Å²) in [6.07, 6.45) is 0. The molecule has 2 N–H and O–H groups in total. The Kier molecular flexibility index (Phi) is 5.75. The molecule has 1 fully saturated rings. The van der Waals surface area contributed by atoms with E-state index in [0.29, 0.717) is 6.54 Å². The van der Waals surface area contributed by atoms with Gasteiger partial charge < -0.3 is 24.8 Å². The summed E-state index contributed by atoms with van der Waals surface area (Å²) >= 11 is 0. The maximum Gasteiger partial charge on any atom is 0.328 e. The van der Waals surface area contributed by atoms with Gasteiger partial charge in [-0.2, -0.15) is 0 Å². The Morgan fingerprint density at radius 3 is 2.60 bits per heavy atom. The number of hydrogen-bond donors (Lipinski definition) is 2. The normalized spacial score (nSPS) is 22.9. The fourth-order valence-corrected chi connectivity index (χ4v) is 2.12. The zero-order chi connectivity index (χ0) is 15.3. The number of carbonyl (C=O) groups is 3. The molecule has 8 heteroatoms. The highest BCUT2D eigenvalue weighted by molar-refractivity contribution is 5.84. The highest BCUT2D eigenvalue weighted by Crippen LogP contribution is 2.20. The van der Waals surface area contributed by atoms with Crippen molar-refractivity contribution in [1.82, 2.24) is 10.2 Å². The van der Waals surface area contributed by atoms with E-state index in [4.69, 9.17) is 9.84 Å². The van der Waals surface area contributed by atoms with E-state index in [0.717, 1.165) is 0 Å². The number of nitrogens with one attached hydrogen (secondary N) is 1. The monoisotopic (exact) mass is 288 g/mol. The highest BCUT2D eigenvalue weighted by Gasteiger charge is 2.39. The highest BCUT2D eigenvalue weighted by atomic mass is 16.5. The van der Waals surface area contributed by atoms with Crippen LogP contribution < -0.4 is 5.32 Å². The third-order valence-corrected chi connectivity index (χ3v) is 3.26. The predicted octanol–water partition coefficient (Wildman–Crippen LogP) is -0.321. The minimum absolute atomic E-state index is 0.0797. The summed E-state index contributed by atoms with van der Waals surface area (Å²) in [7, 11) is 1.23. The van der Waals surface area contributed by atoms with Gasteiger partial charge >= 0.3 is 18.0 Å². The molecule has 0 aromatic rings. The molecular formula is C12H20N2O6. The molecule has 0 aliphatic carbocycles. The number of carboxylic acid groups (broad SMARTS) is 1. The maximum absolute atomic E-state index is 12.1. The molecule has 0 aromatic carbocycles. The lowest BCUT2D eigenvalue weighted by atomic mass is 10.0. The average Bonchev–Trinajstić information content (AvgIpc) is 2.87. The summed E-state index contributed by atoms with van der Waals surface area (Å²) in [6.45, 7) is 3.80. The van der Waals surface area contributed by atoms with Crippen LogP contribution in [-0.4, -0.2) is 66.9 Å². The van der Waals surface area contributed by atoms with Gasteiger partial charge in [-0.25, -0.2) is 9.59 Å². The van der Waals surface area contributed by atoms with Crippen molar-refractivity contribution in [1.29, 1.82) is 0 Å². The van der Waals surface area contributed by atoms with Crippen LogP contribution in [0.1, 0.15) is 13.8 Å². The van der Waals surface area contributed by atoms with Gasteiger partial charge in [-0.05, 0) is 13.8 Å². The van der Waals surface area contributed by atoms with E-state index in [1.165, 1.54) is 18.9 Å².